The molecule has 3 aromatic rings. The molecule has 1 aromatic heterocycles. The number of hydrogen-bond acceptors (Lipinski definition) is 5. The fourth-order valence-corrected chi connectivity index (χ4v) is 3.41. The summed E-state index contributed by atoms with van der Waals surface area (Å²) in [5.74, 6) is 2.82. The minimum absolute atomic E-state index is 0.215. The summed E-state index contributed by atoms with van der Waals surface area (Å²) in [6.45, 7) is 2.13. The van der Waals surface area contributed by atoms with Gasteiger partial charge in [-0.25, -0.2) is 9.78 Å². The van der Waals surface area contributed by atoms with Crippen molar-refractivity contribution in [3.63, 3.8) is 0 Å². The SMILES string of the molecule is COc1cccc([C@@H](NC(=O)N[C@@H](C)c2ccc3c(c2)OCO3)c2nccn2C)c1. The highest BCUT2D eigenvalue weighted by Crippen LogP contribution is 2.34. The Morgan fingerprint density at radius 1 is 1.13 bits per heavy atom. The zero-order valence-electron chi connectivity index (χ0n) is 17.1. The van der Waals surface area contributed by atoms with Crippen LogP contribution in [-0.2, 0) is 7.05 Å². The smallest absolute Gasteiger partial charge is 0.316 e. The van der Waals surface area contributed by atoms with Gasteiger partial charge in [-0.1, -0.05) is 18.2 Å². The third kappa shape index (κ3) is 4.03. The van der Waals surface area contributed by atoms with Crippen molar-refractivity contribution in [1.29, 1.82) is 0 Å². The quantitative estimate of drug-likeness (QED) is 0.654. The average Bonchev–Trinajstić information content (AvgIpc) is 3.40. The number of urea groups is 1. The zero-order chi connectivity index (χ0) is 21.1. The van der Waals surface area contributed by atoms with Crippen molar-refractivity contribution in [2.45, 2.75) is 19.0 Å². The van der Waals surface area contributed by atoms with E-state index in [1.54, 1.807) is 13.3 Å². The Labute approximate surface area is 174 Å². The molecule has 2 N–H and O–H groups in total. The second-order valence-corrected chi connectivity index (χ2v) is 7.06. The molecule has 0 unspecified atom stereocenters. The molecule has 1 aliphatic heterocycles. The lowest BCUT2D eigenvalue weighted by atomic mass is 10.1. The summed E-state index contributed by atoms with van der Waals surface area (Å²) in [4.78, 5) is 17.3. The van der Waals surface area contributed by atoms with Crippen LogP contribution in [0.3, 0.4) is 0 Å². The Hall–Kier alpha value is -3.68. The molecule has 0 spiro atoms. The third-order valence-electron chi connectivity index (χ3n) is 5.06. The van der Waals surface area contributed by atoms with E-state index in [0.717, 1.165) is 11.1 Å². The number of fused-ring (bicyclic) bond motifs is 1. The number of amides is 2. The van der Waals surface area contributed by atoms with E-state index in [9.17, 15) is 4.79 Å². The Balaban J connectivity index is 1.52. The van der Waals surface area contributed by atoms with Crippen molar-refractivity contribution in [2.24, 2.45) is 7.05 Å². The number of nitrogens with zero attached hydrogens (tertiary/aromatic N) is 2. The Kier molecular flexibility index (Phi) is 5.47. The first-order chi connectivity index (χ1) is 14.5. The Morgan fingerprint density at radius 3 is 2.73 bits per heavy atom. The molecule has 4 rings (SSSR count). The van der Waals surface area contributed by atoms with Crippen molar-refractivity contribution in [3.05, 3.63) is 71.8 Å². The number of hydrogen-bond donors (Lipinski definition) is 2. The normalized spacial score (nSPS) is 14.1. The first-order valence-electron chi connectivity index (χ1n) is 9.63. The molecule has 0 bridgehead atoms. The van der Waals surface area contributed by atoms with Crippen LogP contribution in [0.2, 0.25) is 0 Å². The minimum Gasteiger partial charge on any atom is -0.497 e. The van der Waals surface area contributed by atoms with Gasteiger partial charge in [-0.05, 0) is 42.3 Å². The number of carbonyl (C=O) groups is 1. The fourth-order valence-electron chi connectivity index (χ4n) is 3.41. The number of imidazole rings is 1. The molecule has 30 heavy (non-hydrogen) atoms. The molecule has 0 radical (unpaired) electrons. The minimum atomic E-state index is -0.441. The van der Waals surface area contributed by atoms with Crippen LogP contribution in [0, 0.1) is 0 Å². The van der Waals surface area contributed by atoms with Crippen LogP contribution < -0.4 is 24.8 Å². The molecule has 2 atom stereocenters. The van der Waals surface area contributed by atoms with Gasteiger partial charge in [0.25, 0.3) is 0 Å². The van der Waals surface area contributed by atoms with E-state index in [1.807, 2.05) is 67.2 Å². The van der Waals surface area contributed by atoms with E-state index in [2.05, 4.69) is 15.6 Å². The van der Waals surface area contributed by atoms with Gasteiger partial charge in [0.2, 0.25) is 6.79 Å². The number of benzene rings is 2. The maximum atomic E-state index is 12.9. The first-order valence-corrected chi connectivity index (χ1v) is 9.63. The lowest BCUT2D eigenvalue weighted by Gasteiger charge is -2.22. The summed E-state index contributed by atoms with van der Waals surface area (Å²) in [6, 6.07) is 12.2. The maximum Gasteiger partial charge on any atom is 0.316 e. The van der Waals surface area contributed by atoms with Crippen LogP contribution in [0.5, 0.6) is 17.2 Å². The van der Waals surface area contributed by atoms with E-state index in [4.69, 9.17) is 14.2 Å². The third-order valence-corrected chi connectivity index (χ3v) is 5.06. The van der Waals surface area contributed by atoms with Crippen LogP contribution in [-0.4, -0.2) is 29.5 Å². The summed E-state index contributed by atoms with van der Waals surface area (Å²) in [6.07, 6.45) is 3.55. The maximum absolute atomic E-state index is 12.9. The van der Waals surface area contributed by atoms with Crippen LogP contribution >= 0.6 is 0 Å². The van der Waals surface area contributed by atoms with Crippen molar-refractivity contribution < 1.29 is 19.0 Å². The summed E-state index contributed by atoms with van der Waals surface area (Å²) in [5, 5.41) is 6.02. The molecule has 1 aliphatic rings. The van der Waals surface area contributed by atoms with E-state index >= 15 is 0 Å². The van der Waals surface area contributed by atoms with E-state index in [-0.39, 0.29) is 18.9 Å². The Bertz CT molecular complexity index is 1050. The van der Waals surface area contributed by atoms with Crippen LogP contribution in [0.4, 0.5) is 4.79 Å². The molecule has 0 fully saturated rings. The standard InChI is InChI=1S/C22H24N4O4/c1-14(15-7-8-18-19(12-15)30-13-29-18)24-22(27)25-20(21-23-9-10-26(21)2)16-5-4-6-17(11-16)28-3/h4-12,14,20H,13H2,1-3H3,(H2,24,25,27)/t14-,20+/m0/s1. The molecular formula is C22H24N4O4. The van der Waals surface area contributed by atoms with E-state index < -0.39 is 6.04 Å². The molecule has 0 saturated carbocycles. The highest BCUT2D eigenvalue weighted by atomic mass is 16.7. The molecule has 2 amide bonds. The highest BCUT2D eigenvalue weighted by molar-refractivity contribution is 5.75. The number of methoxy groups -OCH3 is 1. The molecule has 0 aliphatic carbocycles. The molecule has 0 saturated heterocycles. The van der Waals surface area contributed by atoms with Gasteiger partial charge in [0.15, 0.2) is 11.5 Å². The van der Waals surface area contributed by atoms with Crippen molar-refractivity contribution in [2.75, 3.05) is 13.9 Å². The first kappa shape index (κ1) is 19.6. The summed E-state index contributed by atoms with van der Waals surface area (Å²) >= 11 is 0. The van der Waals surface area contributed by atoms with Gasteiger partial charge in [0.05, 0.1) is 13.2 Å². The van der Waals surface area contributed by atoms with Crippen molar-refractivity contribution in [1.82, 2.24) is 20.2 Å². The van der Waals surface area contributed by atoms with Crippen LogP contribution in [0.1, 0.15) is 36.0 Å². The number of ether oxygens (including phenoxy) is 3. The monoisotopic (exact) mass is 408 g/mol. The highest BCUT2D eigenvalue weighted by Gasteiger charge is 2.23. The molecule has 2 heterocycles. The summed E-state index contributed by atoms with van der Waals surface area (Å²) < 4.78 is 18.0. The lowest BCUT2D eigenvalue weighted by Crippen LogP contribution is -2.40. The second kappa shape index (κ2) is 8.36. The predicted octanol–water partition coefficient (Wildman–Crippen LogP) is 3.31. The second-order valence-electron chi connectivity index (χ2n) is 7.06. The van der Waals surface area contributed by atoms with E-state index in [1.165, 1.54) is 0 Å². The summed E-state index contributed by atoms with van der Waals surface area (Å²) in [7, 11) is 3.51. The van der Waals surface area contributed by atoms with Gasteiger partial charge >= 0.3 is 6.03 Å². The average molecular weight is 408 g/mol. The van der Waals surface area contributed by atoms with Crippen molar-refractivity contribution in [3.8, 4) is 17.2 Å². The largest absolute Gasteiger partial charge is 0.497 e. The van der Waals surface area contributed by atoms with Gasteiger partial charge in [-0.3, -0.25) is 0 Å². The lowest BCUT2D eigenvalue weighted by molar-refractivity contribution is 0.174. The molecule has 8 heteroatoms. The number of aromatic nitrogens is 2. The van der Waals surface area contributed by atoms with Gasteiger partial charge in [-0.2, -0.15) is 0 Å². The fraction of sp³-hybridized carbons (Fsp3) is 0.273. The van der Waals surface area contributed by atoms with Crippen molar-refractivity contribution >= 4 is 6.03 Å². The number of rotatable bonds is 6. The number of carbonyl (C=O) groups excluding carboxylic acids is 1. The van der Waals surface area contributed by atoms with Crippen LogP contribution in [0.15, 0.2) is 54.9 Å². The number of nitrogens with one attached hydrogen (secondary N) is 2. The molecule has 8 nitrogen and oxygen atoms in total. The topological polar surface area (TPSA) is 86.6 Å². The predicted molar refractivity (Wildman–Crippen MR) is 111 cm³/mol. The molecule has 2 aromatic carbocycles. The zero-order valence-corrected chi connectivity index (χ0v) is 17.1. The van der Waals surface area contributed by atoms with Gasteiger partial charge < -0.3 is 29.4 Å². The van der Waals surface area contributed by atoms with Gasteiger partial charge in [0, 0.05) is 19.4 Å². The summed E-state index contributed by atoms with van der Waals surface area (Å²) in [5.41, 5.74) is 1.79. The Morgan fingerprint density at radius 2 is 1.97 bits per heavy atom. The number of aryl methyl sites for hydroxylation is 1. The van der Waals surface area contributed by atoms with Gasteiger partial charge in [-0.15, -0.1) is 0 Å². The molecular weight excluding hydrogens is 384 g/mol. The van der Waals surface area contributed by atoms with Gasteiger partial charge in [0.1, 0.15) is 17.6 Å². The van der Waals surface area contributed by atoms with Crippen LogP contribution in [0.25, 0.3) is 0 Å². The van der Waals surface area contributed by atoms with E-state index in [0.29, 0.717) is 23.1 Å². The molecule has 156 valence electrons.